The molecule has 1 heterocycles. The Labute approximate surface area is 188 Å². The van der Waals surface area contributed by atoms with Crippen LogP contribution in [-0.4, -0.2) is 17.2 Å². The fraction of sp³-hybridized carbons (Fsp3) is 0.320. The number of rotatable bonds is 7. The predicted molar refractivity (Wildman–Crippen MR) is 128 cm³/mol. The van der Waals surface area contributed by atoms with Crippen LogP contribution in [0.3, 0.4) is 0 Å². The number of anilines is 1. The highest BCUT2D eigenvalue weighted by Crippen LogP contribution is 2.30. The number of aryl methyl sites for hydroxylation is 2. The smallest absolute Gasteiger partial charge is 0.151 e. The molecule has 0 aliphatic heterocycles. The molecule has 1 N–H and O–H groups in total. The summed E-state index contributed by atoms with van der Waals surface area (Å²) in [6.45, 7) is 9.46. The number of aromatic hydroxyl groups is 1. The van der Waals surface area contributed by atoms with Crippen molar-refractivity contribution in [1.29, 1.82) is 0 Å². The number of hydrogen-bond acceptors (Lipinski definition) is 4. The molecular formula is C25H31BrN2O2. The van der Waals surface area contributed by atoms with E-state index in [1.54, 1.807) is 7.11 Å². The zero-order chi connectivity index (χ0) is 22.1. The molecule has 0 radical (unpaired) electrons. The quantitative estimate of drug-likeness (QED) is 0.392. The van der Waals surface area contributed by atoms with Gasteiger partial charge in [0.2, 0.25) is 0 Å². The molecule has 30 heavy (non-hydrogen) atoms. The second kappa shape index (κ2) is 11.6. The lowest BCUT2D eigenvalue weighted by Crippen LogP contribution is -2.23. The van der Waals surface area contributed by atoms with E-state index in [1.807, 2.05) is 39.0 Å². The van der Waals surface area contributed by atoms with Crippen LogP contribution in [0.15, 0.2) is 59.2 Å². The van der Waals surface area contributed by atoms with Crippen molar-refractivity contribution in [3.05, 3.63) is 81.5 Å². The third-order valence-corrected chi connectivity index (χ3v) is 5.34. The molecule has 0 atom stereocenters. The van der Waals surface area contributed by atoms with Gasteiger partial charge in [0, 0.05) is 13.1 Å². The molecule has 3 rings (SSSR count). The van der Waals surface area contributed by atoms with E-state index in [0.29, 0.717) is 11.1 Å². The Morgan fingerprint density at radius 3 is 1.90 bits per heavy atom. The first-order valence-electron chi connectivity index (χ1n) is 10.3. The predicted octanol–water partition coefficient (Wildman–Crippen LogP) is 6.66. The SMILES string of the molecule is CC.CCc1ccc(CN(Cc2ccc(OC)cc2)c2cc(C)c(O)c(Br)n2)cc1. The van der Waals surface area contributed by atoms with Gasteiger partial charge in [0.15, 0.2) is 5.75 Å². The minimum Gasteiger partial charge on any atom is -0.505 e. The van der Waals surface area contributed by atoms with E-state index >= 15 is 0 Å². The number of benzene rings is 2. The average molecular weight is 471 g/mol. The molecule has 1 aromatic heterocycles. The molecule has 160 valence electrons. The molecule has 2 aromatic carbocycles. The largest absolute Gasteiger partial charge is 0.505 e. The first-order valence-corrected chi connectivity index (χ1v) is 11.1. The molecule has 5 heteroatoms. The topological polar surface area (TPSA) is 45.6 Å². The summed E-state index contributed by atoms with van der Waals surface area (Å²) < 4.78 is 5.72. The first-order chi connectivity index (χ1) is 14.5. The van der Waals surface area contributed by atoms with Gasteiger partial charge in [0.1, 0.15) is 16.2 Å². The van der Waals surface area contributed by atoms with E-state index < -0.39 is 0 Å². The Kier molecular flexibility index (Phi) is 9.18. The Morgan fingerprint density at radius 2 is 1.43 bits per heavy atom. The maximum atomic E-state index is 10.1. The van der Waals surface area contributed by atoms with Gasteiger partial charge in [-0.25, -0.2) is 4.98 Å². The monoisotopic (exact) mass is 470 g/mol. The fourth-order valence-corrected chi connectivity index (χ4v) is 3.54. The van der Waals surface area contributed by atoms with Crippen LogP contribution in [0.1, 0.15) is 43.0 Å². The summed E-state index contributed by atoms with van der Waals surface area (Å²) in [5.74, 6) is 1.84. The summed E-state index contributed by atoms with van der Waals surface area (Å²) in [7, 11) is 1.67. The number of pyridine rings is 1. The Hall–Kier alpha value is -2.53. The fourth-order valence-electron chi connectivity index (χ4n) is 3.04. The molecule has 3 aromatic rings. The molecule has 0 amide bonds. The van der Waals surface area contributed by atoms with Crippen LogP contribution in [0.25, 0.3) is 0 Å². The van der Waals surface area contributed by atoms with E-state index in [0.717, 1.165) is 35.7 Å². The van der Waals surface area contributed by atoms with Crippen molar-refractivity contribution in [1.82, 2.24) is 4.98 Å². The molecule has 0 spiro atoms. The van der Waals surface area contributed by atoms with E-state index in [-0.39, 0.29) is 5.75 Å². The highest BCUT2D eigenvalue weighted by atomic mass is 79.9. The maximum absolute atomic E-state index is 10.1. The van der Waals surface area contributed by atoms with Gasteiger partial charge < -0.3 is 14.7 Å². The van der Waals surface area contributed by atoms with Crippen LogP contribution in [-0.2, 0) is 19.5 Å². The van der Waals surface area contributed by atoms with Crippen LogP contribution in [0.5, 0.6) is 11.5 Å². The van der Waals surface area contributed by atoms with Crippen molar-refractivity contribution in [2.75, 3.05) is 12.0 Å². The van der Waals surface area contributed by atoms with E-state index in [2.05, 4.69) is 69.1 Å². The van der Waals surface area contributed by atoms with Gasteiger partial charge in [-0.3, -0.25) is 0 Å². The number of aromatic nitrogens is 1. The van der Waals surface area contributed by atoms with E-state index in [1.165, 1.54) is 11.1 Å². The van der Waals surface area contributed by atoms with Gasteiger partial charge >= 0.3 is 0 Å². The number of halogens is 1. The van der Waals surface area contributed by atoms with Crippen LogP contribution in [0.4, 0.5) is 5.82 Å². The lowest BCUT2D eigenvalue weighted by atomic mass is 10.1. The van der Waals surface area contributed by atoms with Gasteiger partial charge in [-0.05, 0) is 69.7 Å². The summed E-state index contributed by atoms with van der Waals surface area (Å²) in [6, 6.07) is 18.7. The molecule has 0 fully saturated rings. The second-order valence-corrected chi connectivity index (χ2v) is 7.56. The summed E-state index contributed by atoms with van der Waals surface area (Å²) in [5.41, 5.74) is 4.49. The first kappa shape index (κ1) is 23.7. The van der Waals surface area contributed by atoms with Gasteiger partial charge in [0.05, 0.1) is 7.11 Å². The van der Waals surface area contributed by atoms with Crippen LogP contribution >= 0.6 is 15.9 Å². The summed E-state index contributed by atoms with van der Waals surface area (Å²) in [6.07, 6.45) is 1.03. The Bertz CT molecular complexity index is 852. The summed E-state index contributed by atoms with van der Waals surface area (Å²) in [5, 5.41) is 10.1. The van der Waals surface area contributed by atoms with Gasteiger partial charge in [-0.15, -0.1) is 0 Å². The molecule has 0 saturated heterocycles. The number of nitrogens with zero attached hydrogens (tertiary/aromatic N) is 2. The highest BCUT2D eigenvalue weighted by Gasteiger charge is 2.14. The lowest BCUT2D eigenvalue weighted by molar-refractivity contribution is 0.414. The molecule has 0 bridgehead atoms. The standard InChI is InChI=1S/C23H25BrN2O2.C2H6/c1-4-17-5-7-18(8-6-17)14-26(15-19-9-11-20(28-3)12-10-19)21-13-16(2)22(27)23(24)25-21;1-2/h5-13,27H,4,14-15H2,1-3H3;1-2H3. The second-order valence-electron chi connectivity index (χ2n) is 6.81. The van der Waals surface area contributed by atoms with Crippen molar-refractivity contribution in [2.24, 2.45) is 0 Å². The number of ether oxygens (including phenoxy) is 1. The van der Waals surface area contributed by atoms with Crippen molar-refractivity contribution in [3.63, 3.8) is 0 Å². The van der Waals surface area contributed by atoms with Gasteiger partial charge in [-0.2, -0.15) is 0 Å². The van der Waals surface area contributed by atoms with Crippen molar-refractivity contribution >= 4 is 21.7 Å². The van der Waals surface area contributed by atoms with Crippen LogP contribution in [0.2, 0.25) is 0 Å². The van der Waals surface area contributed by atoms with Gasteiger partial charge in [-0.1, -0.05) is 57.2 Å². The lowest BCUT2D eigenvalue weighted by Gasteiger charge is -2.25. The minimum atomic E-state index is 0.181. The molecule has 0 unspecified atom stereocenters. The van der Waals surface area contributed by atoms with Crippen molar-refractivity contribution < 1.29 is 9.84 Å². The average Bonchev–Trinajstić information content (AvgIpc) is 2.79. The van der Waals surface area contributed by atoms with Crippen LogP contribution < -0.4 is 9.64 Å². The third kappa shape index (κ3) is 6.23. The third-order valence-electron chi connectivity index (χ3n) is 4.79. The Balaban J connectivity index is 0.00000155. The van der Waals surface area contributed by atoms with Gasteiger partial charge in [0.25, 0.3) is 0 Å². The summed E-state index contributed by atoms with van der Waals surface area (Å²) in [4.78, 5) is 6.77. The number of methoxy groups -OCH3 is 1. The molecule has 0 aliphatic carbocycles. The molecule has 4 nitrogen and oxygen atoms in total. The van der Waals surface area contributed by atoms with Crippen molar-refractivity contribution in [3.8, 4) is 11.5 Å². The molecule has 0 saturated carbocycles. The van der Waals surface area contributed by atoms with Crippen molar-refractivity contribution in [2.45, 2.75) is 47.2 Å². The highest BCUT2D eigenvalue weighted by molar-refractivity contribution is 9.10. The Morgan fingerprint density at radius 1 is 0.933 bits per heavy atom. The maximum Gasteiger partial charge on any atom is 0.151 e. The molecular weight excluding hydrogens is 440 g/mol. The zero-order valence-electron chi connectivity index (χ0n) is 18.4. The van der Waals surface area contributed by atoms with Crippen LogP contribution in [0, 0.1) is 6.92 Å². The normalized spacial score (nSPS) is 10.2. The zero-order valence-corrected chi connectivity index (χ0v) is 20.0. The molecule has 0 aliphatic rings. The van der Waals surface area contributed by atoms with E-state index in [9.17, 15) is 5.11 Å². The summed E-state index contributed by atoms with van der Waals surface area (Å²) >= 11 is 3.37. The number of hydrogen-bond donors (Lipinski definition) is 1. The minimum absolute atomic E-state index is 0.181. The van der Waals surface area contributed by atoms with E-state index in [4.69, 9.17) is 4.74 Å².